The molecule has 16 heavy (non-hydrogen) atoms. The summed E-state index contributed by atoms with van der Waals surface area (Å²) in [6, 6.07) is 1.28. The van der Waals surface area contributed by atoms with Gasteiger partial charge >= 0.3 is 0 Å². The van der Waals surface area contributed by atoms with E-state index < -0.39 is 11.7 Å². The number of carbonyl (C=O) groups excluding carboxylic acids is 1. The molecule has 7 heteroatoms. The second kappa shape index (κ2) is 4.05. The van der Waals surface area contributed by atoms with Gasteiger partial charge in [0.1, 0.15) is 5.82 Å². The van der Waals surface area contributed by atoms with Gasteiger partial charge in [-0.3, -0.25) is 20.2 Å². The van der Waals surface area contributed by atoms with Crippen LogP contribution < -0.4 is 5.32 Å². The van der Waals surface area contributed by atoms with Gasteiger partial charge in [-0.2, -0.15) is 4.98 Å². The predicted octanol–water partition coefficient (Wildman–Crippen LogP) is 0.900. The van der Waals surface area contributed by atoms with Gasteiger partial charge in [0.2, 0.25) is 5.95 Å². The molecule has 0 aliphatic rings. The molecule has 2 N–H and O–H groups in total. The van der Waals surface area contributed by atoms with E-state index in [1.54, 1.807) is 6.92 Å². The third-order valence-electron chi connectivity index (χ3n) is 1.84. The molecule has 0 bridgehead atoms. The fourth-order valence-electron chi connectivity index (χ4n) is 1.13. The standard InChI is InChI=1S/C9H8FN5O/c1-5-12-9(15-14-5)13-8(16)6-2-3-11-4-7(6)10/h2-4H,1H3,(H2,12,13,14,15,16). The van der Waals surface area contributed by atoms with Crippen LogP contribution in [0.2, 0.25) is 0 Å². The molecule has 0 spiro atoms. The second-order valence-corrected chi connectivity index (χ2v) is 3.05. The maximum absolute atomic E-state index is 13.2. The average Bonchev–Trinajstić information content (AvgIpc) is 2.64. The first-order valence-electron chi connectivity index (χ1n) is 4.46. The normalized spacial score (nSPS) is 10.1. The van der Waals surface area contributed by atoms with Crippen molar-refractivity contribution in [2.45, 2.75) is 6.92 Å². The summed E-state index contributed by atoms with van der Waals surface area (Å²) in [4.78, 5) is 19.0. The number of nitrogens with one attached hydrogen (secondary N) is 2. The lowest BCUT2D eigenvalue weighted by Crippen LogP contribution is -2.14. The van der Waals surface area contributed by atoms with Gasteiger partial charge in [-0.05, 0) is 13.0 Å². The Hall–Kier alpha value is -2.31. The highest BCUT2D eigenvalue weighted by Crippen LogP contribution is 2.07. The number of nitrogens with zero attached hydrogens (tertiary/aromatic N) is 3. The zero-order valence-corrected chi connectivity index (χ0v) is 8.36. The zero-order valence-electron chi connectivity index (χ0n) is 8.36. The Kier molecular flexibility index (Phi) is 2.59. The lowest BCUT2D eigenvalue weighted by atomic mass is 10.2. The molecule has 1 amide bonds. The van der Waals surface area contributed by atoms with Gasteiger partial charge in [0.15, 0.2) is 5.82 Å². The number of aromatic amines is 1. The number of hydrogen-bond donors (Lipinski definition) is 2. The van der Waals surface area contributed by atoms with Gasteiger partial charge < -0.3 is 0 Å². The van der Waals surface area contributed by atoms with Crippen LogP contribution in [-0.2, 0) is 0 Å². The molecule has 0 saturated heterocycles. The topological polar surface area (TPSA) is 83.6 Å². The summed E-state index contributed by atoms with van der Waals surface area (Å²) in [7, 11) is 0. The highest BCUT2D eigenvalue weighted by atomic mass is 19.1. The molecule has 2 heterocycles. The van der Waals surface area contributed by atoms with Crippen molar-refractivity contribution in [3.63, 3.8) is 0 Å². The van der Waals surface area contributed by atoms with Crippen molar-refractivity contribution < 1.29 is 9.18 Å². The number of rotatable bonds is 2. The van der Waals surface area contributed by atoms with E-state index in [1.165, 1.54) is 12.3 Å². The van der Waals surface area contributed by atoms with Crippen molar-refractivity contribution in [2.75, 3.05) is 5.32 Å². The molecule has 2 aromatic heterocycles. The first-order chi connectivity index (χ1) is 7.66. The Morgan fingerprint density at radius 3 is 3.00 bits per heavy atom. The molecule has 2 aromatic rings. The maximum atomic E-state index is 13.2. The van der Waals surface area contributed by atoms with Crippen molar-refractivity contribution >= 4 is 11.9 Å². The minimum Gasteiger partial charge on any atom is -0.289 e. The van der Waals surface area contributed by atoms with E-state index in [1.807, 2.05) is 0 Å². The summed E-state index contributed by atoms with van der Waals surface area (Å²) in [5, 5.41) is 8.62. The molecule has 6 nitrogen and oxygen atoms in total. The highest BCUT2D eigenvalue weighted by molar-refractivity contribution is 6.03. The van der Waals surface area contributed by atoms with Gasteiger partial charge in [0.05, 0.1) is 11.8 Å². The molecule has 82 valence electrons. The van der Waals surface area contributed by atoms with Crippen molar-refractivity contribution in [2.24, 2.45) is 0 Å². The van der Waals surface area contributed by atoms with Crippen LogP contribution >= 0.6 is 0 Å². The Morgan fingerprint density at radius 2 is 2.38 bits per heavy atom. The predicted molar refractivity (Wildman–Crippen MR) is 53.3 cm³/mol. The number of aromatic nitrogens is 4. The van der Waals surface area contributed by atoms with E-state index in [9.17, 15) is 9.18 Å². The van der Waals surface area contributed by atoms with Gasteiger partial charge in [-0.15, -0.1) is 5.10 Å². The highest BCUT2D eigenvalue weighted by Gasteiger charge is 2.13. The number of H-pyrrole nitrogens is 1. The van der Waals surface area contributed by atoms with Crippen LogP contribution in [0, 0.1) is 12.7 Å². The molecule has 0 saturated carbocycles. The van der Waals surface area contributed by atoms with Crippen LogP contribution in [0.4, 0.5) is 10.3 Å². The minimum atomic E-state index is -0.688. The average molecular weight is 221 g/mol. The summed E-state index contributed by atoms with van der Waals surface area (Å²) in [6.07, 6.45) is 2.30. The molecule has 0 fully saturated rings. The van der Waals surface area contributed by atoms with Crippen LogP contribution in [0.5, 0.6) is 0 Å². The van der Waals surface area contributed by atoms with E-state index in [-0.39, 0.29) is 11.5 Å². The molecular formula is C9H8FN5O. The Bertz CT molecular complexity index is 524. The Morgan fingerprint density at radius 1 is 1.56 bits per heavy atom. The SMILES string of the molecule is Cc1nc(NC(=O)c2ccncc2F)n[nH]1. The van der Waals surface area contributed by atoms with Crippen LogP contribution in [0.15, 0.2) is 18.5 Å². The largest absolute Gasteiger partial charge is 0.289 e. The number of hydrogen-bond acceptors (Lipinski definition) is 4. The van der Waals surface area contributed by atoms with Crippen LogP contribution in [-0.4, -0.2) is 26.1 Å². The number of halogens is 1. The summed E-state index contributed by atoms with van der Waals surface area (Å²) in [6.45, 7) is 1.69. The van der Waals surface area contributed by atoms with Gasteiger partial charge in [-0.1, -0.05) is 0 Å². The first-order valence-corrected chi connectivity index (χ1v) is 4.46. The number of pyridine rings is 1. The van der Waals surface area contributed by atoms with Crippen LogP contribution in [0.25, 0.3) is 0 Å². The third-order valence-corrected chi connectivity index (χ3v) is 1.84. The molecular weight excluding hydrogens is 213 g/mol. The summed E-state index contributed by atoms with van der Waals surface area (Å²) >= 11 is 0. The number of carbonyl (C=O) groups is 1. The van der Waals surface area contributed by atoms with Gasteiger partial charge in [-0.25, -0.2) is 4.39 Å². The van der Waals surface area contributed by atoms with Crippen molar-refractivity contribution in [3.8, 4) is 0 Å². The monoisotopic (exact) mass is 221 g/mol. The molecule has 0 atom stereocenters. The van der Waals surface area contributed by atoms with Gasteiger partial charge in [0, 0.05) is 6.20 Å². The zero-order chi connectivity index (χ0) is 11.5. The fourth-order valence-corrected chi connectivity index (χ4v) is 1.13. The van der Waals surface area contributed by atoms with Crippen LogP contribution in [0.1, 0.15) is 16.2 Å². The fraction of sp³-hybridized carbons (Fsp3) is 0.111. The van der Waals surface area contributed by atoms with Crippen molar-refractivity contribution in [3.05, 3.63) is 35.7 Å². The molecule has 0 aromatic carbocycles. The minimum absolute atomic E-state index is 0.0996. The van der Waals surface area contributed by atoms with E-state index >= 15 is 0 Å². The first kappa shape index (κ1) is 10.2. The van der Waals surface area contributed by atoms with E-state index in [0.29, 0.717) is 5.82 Å². The second-order valence-electron chi connectivity index (χ2n) is 3.05. The lowest BCUT2D eigenvalue weighted by Gasteiger charge is -2.00. The number of aryl methyl sites for hydroxylation is 1. The summed E-state index contributed by atoms with van der Waals surface area (Å²) < 4.78 is 13.2. The maximum Gasteiger partial charge on any atom is 0.261 e. The third kappa shape index (κ3) is 2.02. The summed E-state index contributed by atoms with van der Waals surface area (Å²) in [5.74, 6) is -0.629. The lowest BCUT2D eigenvalue weighted by molar-refractivity contribution is 0.102. The van der Waals surface area contributed by atoms with Crippen LogP contribution in [0.3, 0.4) is 0 Å². The van der Waals surface area contributed by atoms with E-state index in [0.717, 1.165) is 6.20 Å². The van der Waals surface area contributed by atoms with Gasteiger partial charge in [0.25, 0.3) is 5.91 Å². The van der Waals surface area contributed by atoms with E-state index in [2.05, 4.69) is 25.5 Å². The Balaban J connectivity index is 2.18. The van der Waals surface area contributed by atoms with Crippen molar-refractivity contribution in [1.29, 1.82) is 0 Å². The number of amides is 1. The summed E-state index contributed by atoms with van der Waals surface area (Å²) in [5.41, 5.74) is -0.0996. The quantitative estimate of drug-likeness (QED) is 0.789. The Labute approximate surface area is 89.9 Å². The van der Waals surface area contributed by atoms with Crippen molar-refractivity contribution in [1.82, 2.24) is 20.2 Å². The number of anilines is 1. The molecule has 0 radical (unpaired) electrons. The van der Waals surface area contributed by atoms with E-state index in [4.69, 9.17) is 0 Å². The molecule has 2 rings (SSSR count). The smallest absolute Gasteiger partial charge is 0.261 e. The molecule has 0 aliphatic heterocycles. The molecule has 0 unspecified atom stereocenters. The molecule has 0 aliphatic carbocycles.